The number of carbonyl (C=O) groups is 3. The molecule has 2 aromatic carbocycles. The molecule has 0 saturated carbocycles. The molecule has 2 aliphatic rings. The van der Waals surface area contributed by atoms with Crippen LogP contribution in [-0.4, -0.2) is 62.5 Å². The highest BCUT2D eigenvalue weighted by Crippen LogP contribution is 2.38. The second-order valence-corrected chi connectivity index (χ2v) is 12.4. The highest BCUT2D eigenvalue weighted by Gasteiger charge is 2.50. The zero-order valence-electron chi connectivity index (χ0n) is 24.0. The first-order valence-corrected chi connectivity index (χ1v) is 14.3. The van der Waals surface area contributed by atoms with Crippen LogP contribution in [0.5, 0.6) is 0 Å². The van der Waals surface area contributed by atoms with E-state index in [0.717, 1.165) is 28.5 Å². The number of ketones is 1. The fourth-order valence-electron chi connectivity index (χ4n) is 6.28. The SMILES string of the molecule is CC(C)(C)[C@H](CC(=O)c1cc2ccccc2[nH]1)C(=O)N1C[C@@H]2C[C@H]1CN2C(=O)c1ccc(-c2cccc(C#N)c2)cn1. The molecule has 0 radical (unpaired) electrons. The Hall–Kier alpha value is -4.77. The van der Waals surface area contributed by atoms with Crippen molar-refractivity contribution in [2.45, 2.75) is 45.7 Å². The highest BCUT2D eigenvalue weighted by molar-refractivity contribution is 6.01. The minimum atomic E-state index is -0.478. The van der Waals surface area contributed by atoms with Gasteiger partial charge in [0.1, 0.15) is 5.69 Å². The number of Topliss-reactive ketones (excluding diaryl/α,β-unsaturated/α-hetero) is 1. The summed E-state index contributed by atoms with van der Waals surface area (Å²) < 4.78 is 0. The van der Waals surface area contributed by atoms with E-state index in [-0.39, 0.29) is 36.1 Å². The molecule has 212 valence electrons. The molecule has 1 N–H and O–H groups in total. The topological polar surface area (TPSA) is 110 Å². The molecule has 3 atom stereocenters. The van der Waals surface area contributed by atoms with E-state index in [9.17, 15) is 19.6 Å². The highest BCUT2D eigenvalue weighted by atomic mass is 16.2. The number of aromatic amines is 1. The Morgan fingerprint density at radius 1 is 0.976 bits per heavy atom. The second kappa shape index (κ2) is 10.6. The Morgan fingerprint density at radius 3 is 2.40 bits per heavy atom. The second-order valence-electron chi connectivity index (χ2n) is 12.4. The number of pyridine rings is 1. The van der Waals surface area contributed by atoms with E-state index in [1.165, 1.54) is 0 Å². The molecule has 2 amide bonds. The van der Waals surface area contributed by atoms with Crippen LogP contribution in [0.4, 0.5) is 0 Å². The molecule has 42 heavy (non-hydrogen) atoms. The van der Waals surface area contributed by atoms with Crippen molar-refractivity contribution in [2.24, 2.45) is 11.3 Å². The van der Waals surface area contributed by atoms with E-state index in [4.69, 9.17) is 0 Å². The summed E-state index contributed by atoms with van der Waals surface area (Å²) in [6.07, 6.45) is 2.51. The molecule has 2 aliphatic heterocycles. The average molecular weight is 560 g/mol. The number of likely N-dealkylation sites (tertiary alicyclic amines) is 2. The Morgan fingerprint density at radius 2 is 1.74 bits per heavy atom. The quantitative estimate of drug-likeness (QED) is 0.315. The summed E-state index contributed by atoms with van der Waals surface area (Å²) in [4.78, 5) is 52.0. The van der Waals surface area contributed by atoms with Gasteiger partial charge in [0.25, 0.3) is 5.91 Å². The van der Waals surface area contributed by atoms with Crippen LogP contribution in [0.2, 0.25) is 0 Å². The number of amides is 2. The number of hydrogen-bond donors (Lipinski definition) is 1. The Labute approximate surface area is 245 Å². The zero-order chi connectivity index (χ0) is 29.6. The van der Waals surface area contributed by atoms with Crippen LogP contribution in [0.15, 0.2) is 72.9 Å². The summed E-state index contributed by atoms with van der Waals surface area (Å²) in [7, 11) is 0. The van der Waals surface area contributed by atoms with Gasteiger partial charge in [-0.1, -0.05) is 57.2 Å². The van der Waals surface area contributed by atoms with Crippen molar-refractivity contribution >= 4 is 28.5 Å². The van der Waals surface area contributed by atoms with E-state index in [2.05, 4.69) is 16.0 Å². The summed E-state index contributed by atoms with van der Waals surface area (Å²) >= 11 is 0. The number of nitrogens with one attached hydrogen (secondary N) is 1. The minimum Gasteiger partial charge on any atom is -0.352 e. The largest absolute Gasteiger partial charge is 0.352 e. The van der Waals surface area contributed by atoms with Crippen LogP contribution in [0, 0.1) is 22.7 Å². The lowest BCUT2D eigenvalue weighted by molar-refractivity contribution is -0.141. The van der Waals surface area contributed by atoms with Crippen molar-refractivity contribution in [3.63, 3.8) is 0 Å². The lowest BCUT2D eigenvalue weighted by Crippen LogP contribution is -2.53. The van der Waals surface area contributed by atoms with E-state index in [1.54, 1.807) is 24.4 Å². The van der Waals surface area contributed by atoms with Crippen LogP contribution in [-0.2, 0) is 4.79 Å². The van der Waals surface area contributed by atoms with Crippen LogP contribution >= 0.6 is 0 Å². The number of para-hydroxylation sites is 1. The van der Waals surface area contributed by atoms with Gasteiger partial charge in [-0.2, -0.15) is 5.26 Å². The summed E-state index contributed by atoms with van der Waals surface area (Å²) in [5.41, 5.74) is 3.64. The molecule has 2 aromatic heterocycles. The number of aromatic nitrogens is 2. The lowest BCUT2D eigenvalue weighted by Gasteiger charge is -2.39. The molecule has 8 heteroatoms. The van der Waals surface area contributed by atoms with Crippen LogP contribution in [0.3, 0.4) is 0 Å². The van der Waals surface area contributed by atoms with Crippen molar-refractivity contribution in [3.05, 3.63) is 89.9 Å². The van der Waals surface area contributed by atoms with E-state index in [1.807, 2.05) is 79.1 Å². The number of benzene rings is 2. The maximum absolute atomic E-state index is 13.9. The molecule has 0 spiro atoms. The number of piperazine rings is 1. The first-order valence-electron chi connectivity index (χ1n) is 14.3. The maximum atomic E-state index is 13.9. The van der Waals surface area contributed by atoms with Gasteiger partial charge in [-0.3, -0.25) is 19.4 Å². The number of nitriles is 1. The molecule has 2 saturated heterocycles. The number of rotatable bonds is 6. The number of hydrogen-bond acceptors (Lipinski definition) is 5. The van der Waals surface area contributed by atoms with Crippen molar-refractivity contribution < 1.29 is 14.4 Å². The van der Waals surface area contributed by atoms with E-state index >= 15 is 0 Å². The molecule has 0 unspecified atom stereocenters. The average Bonchev–Trinajstić information content (AvgIpc) is 3.73. The zero-order valence-corrected chi connectivity index (χ0v) is 24.0. The van der Waals surface area contributed by atoms with Crippen LogP contribution in [0.25, 0.3) is 22.0 Å². The molecule has 2 bridgehead atoms. The summed E-state index contributed by atoms with van der Waals surface area (Å²) in [6.45, 7) is 6.93. The molecule has 4 heterocycles. The van der Waals surface area contributed by atoms with Gasteiger partial charge in [0.05, 0.1) is 35.3 Å². The summed E-state index contributed by atoms with van der Waals surface area (Å²) in [5, 5.41) is 10.1. The number of carbonyl (C=O) groups excluding carboxylic acids is 3. The molecular formula is C34H33N5O3. The third-order valence-electron chi connectivity index (χ3n) is 8.66. The van der Waals surface area contributed by atoms with Crippen LogP contribution < -0.4 is 0 Å². The van der Waals surface area contributed by atoms with Gasteiger partial charge in [0.2, 0.25) is 5.91 Å². The van der Waals surface area contributed by atoms with Crippen molar-refractivity contribution in [2.75, 3.05) is 13.1 Å². The smallest absolute Gasteiger partial charge is 0.272 e. The first kappa shape index (κ1) is 27.4. The van der Waals surface area contributed by atoms with Gasteiger partial charge >= 0.3 is 0 Å². The third kappa shape index (κ3) is 5.07. The number of H-pyrrole nitrogens is 1. The van der Waals surface area contributed by atoms with Crippen molar-refractivity contribution in [1.82, 2.24) is 19.8 Å². The molecule has 8 nitrogen and oxygen atoms in total. The normalized spacial score (nSPS) is 18.7. The Bertz CT molecular complexity index is 1690. The van der Waals surface area contributed by atoms with E-state index < -0.39 is 11.3 Å². The summed E-state index contributed by atoms with van der Waals surface area (Å²) in [6, 6.07) is 22.4. The Balaban J connectivity index is 1.13. The minimum absolute atomic E-state index is 0.0198. The van der Waals surface area contributed by atoms with Gasteiger partial charge in [-0.15, -0.1) is 0 Å². The molecule has 2 fully saturated rings. The van der Waals surface area contributed by atoms with E-state index in [0.29, 0.717) is 30.0 Å². The van der Waals surface area contributed by atoms with Crippen LogP contribution in [0.1, 0.15) is 60.2 Å². The number of nitrogens with zero attached hydrogens (tertiary/aromatic N) is 4. The molecular weight excluding hydrogens is 526 g/mol. The van der Waals surface area contributed by atoms with Gasteiger partial charge in [-0.25, -0.2) is 0 Å². The monoisotopic (exact) mass is 559 g/mol. The molecule has 4 aromatic rings. The number of fused-ring (bicyclic) bond motifs is 3. The lowest BCUT2D eigenvalue weighted by atomic mass is 9.76. The van der Waals surface area contributed by atoms with Gasteiger partial charge < -0.3 is 14.8 Å². The first-order chi connectivity index (χ1) is 20.1. The maximum Gasteiger partial charge on any atom is 0.272 e. The summed E-state index contributed by atoms with van der Waals surface area (Å²) in [5.74, 6) is -0.718. The molecule has 0 aliphatic carbocycles. The fourth-order valence-corrected chi connectivity index (χ4v) is 6.28. The predicted molar refractivity (Wildman–Crippen MR) is 160 cm³/mol. The Kier molecular flexibility index (Phi) is 6.90. The van der Waals surface area contributed by atoms with Gasteiger partial charge in [0, 0.05) is 42.2 Å². The molecule has 6 rings (SSSR count). The fraction of sp³-hybridized carbons (Fsp3) is 0.324. The van der Waals surface area contributed by atoms with Crippen molar-refractivity contribution in [1.29, 1.82) is 5.26 Å². The van der Waals surface area contributed by atoms with Gasteiger partial charge in [-0.05, 0) is 47.7 Å². The third-order valence-corrected chi connectivity index (χ3v) is 8.66. The standard InChI is InChI=1S/C34H33N5O3/c1-34(2,3)27(16-31(40)30-14-23-8-4-5-10-28(23)37-30)32(41)38-19-26-15-25(38)20-39(26)33(42)29-12-11-24(18-36-29)22-9-6-7-21(13-22)17-35/h4-14,18,25-27,37H,15-16,19-20H2,1-3H3/t25-,26-,27+/m0/s1. The predicted octanol–water partition coefficient (Wildman–Crippen LogP) is 5.46. The van der Waals surface area contributed by atoms with Gasteiger partial charge in [0.15, 0.2) is 5.78 Å². The van der Waals surface area contributed by atoms with Crippen molar-refractivity contribution in [3.8, 4) is 17.2 Å².